The predicted octanol–water partition coefficient (Wildman–Crippen LogP) is 3.13. The van der Waals surface area contributed by atoms with Gasteiger partial charge < -0.3 is 11.1 Å². The van der Waals surface area contributed by atoms with Gasteiger partial charge in [-0.3, -0.25) is 9.69 Å². The van der Waals surface area contributed by atoms with Crippen LogP contribution in [0.15, 0.2) is 18.2 Å². The standard InChI is InChI=1S/C15H22ClN3O/c1-19(12-5-3-2-4-6-12)10-15(20)18-14-9-11(16)7-8-13(14)17/h7-9,12H,2-6,10,17H2,1H3,(H,18,20). The van der Waals surface area contributed by atoms with Crippen LogP contribution in [0.3, 0.4) is 0 Å². The number of carbonyl (C=O) groups excluding carboxylic acids is 1. The van der Waals surface area contributed by atoms with Crippen molar-refractivity contribution in [2.24, 2.45) is 0 Å². The van der Waals surface area contributed by atoms with Gasteiger partial charge in [0.25, 0.3) is 0 Å². The first-order chi connectivity index (χ1) is 9.56. The van der Waals surface area contributed by atoms with E-state index in [0.717, 1.165) is 0 Å². The Labute approximate surface area is 125 Å². The zero-order valence-electron chi connectivity index (χ0n) is 11.9. The fraction of sp³-hybridized carbons (Fsp3) is 0.533. The van der Waals surface area contributed by atoms with Gasteiger partial charge in [0.2, 0.25) is 5.91 Å². The lowest BCUT2D eigenvalue weighted by Crippen LogP contribution is -2.39. The SMILES string of the molecule is CN(CC(=O)Nc1cc(Cl)ccc1N)C1CCCCC1. The van der Waals surface area contributed by atoms with Crippen molar-refractivity contribution >= 4 is 28.9 Å². The number of hydrogen-bond donors (Lipinski definition) is 2. The summed E-state index contributed by atoms with van der Waals surface area (Å²) < 4.78 is 0. The molecular weight excluding hydrogens is 274 g/mol. The van der Waals surface area contributed by atoms with Crippen molar-refractivity contribution in [3.8, 4) is 0 Å². The summed E-state index contributed by atoms with van der Waals surface area (Å²) in [4.78, 5) is 14.2. The number of nitrogen functional groups attached to an aromatic ring is 1. The summed E-state index contributed by atoms with van der Waals surface area (Å²) in [5.74, 6) is -0.0490. The van der Waals surface area contributed by atoms with Gasteiger partial charge in [-0.25, -0.2) is 0 Å². The molecule has 1 aliphatic carbocycles. The molecule has 0 heterocycles. The molecule has 0 aliphatic heterocycles. The van der Waals surface area contributed by atoms with Gasteiger partial charge in [-0.2, -0.15) is 0 Å². The summed E-state index contributed by atoms with van der Waals surface area (Å²) in [5.41, 5.74) is 6.94. The van der Waals surface area contributed by atoms with Gasteiger partial charge in [0.05, 0.1) is 17.9 Å². The van der Waals surface area contributed by atoms with Crippen molar-refractivity contribution in [1.82, 2.24) is 4.90 Å². The molecular formula is C15H22ClN3O. The van der Waals surface area contributed by atoms with E-state index >= 15 is 0 Å². The molecule has 2 rings (SSSR count). The second-order valence-corrected chi connectivity index (χ2v) is 5.92. The topological polar surface area (TPSA) is 58.4 Å². The number of hydrogen-bond acceptors (Lipinski definition) is 3. The molecule has 0 radical (unpaired) electrons. The van der Waals surface area contributed by atoms with Gasteiger partial charge in [-0.1, -0.05) is 30.9 Å². The molecule has 0 bridgehead atoms. The molecule has 0 unspecified atom stereocenters. The highest BCUT2D eigenvalue weighted by molar-refractivity contribution is 6.31. The molecule has 1 saturated carbocycles. The molecule has 4 nitrogen and oxygen atoms in total. The molecule has 0 spiro atoms. The van der Waals surface area contributed by atoms with Crippen LogP contribution in [0.25, 0.3) is 0 Å². The summed E-state index contributed by atoms with van der Waals surface area (Å²) >= 11 is 5.91. The van der Waals surface area contributed by atoms with E-state index in [2.05, 4.69) is 10.2 Å². The quantitative estimate of drug-likeness (QED) is 0.839. The van der Waals surface area contributed by atoms with Crippen LogP contribution in [0.4, 0.5) is 11.4 Å². The van der Waals surface area contributed by atoms with E-state index in [1.807, 2.05) is 7.05 Å². The van der Waals surface area contributed by atoms with E-state index < -0.39 is 0 Å². The molecule has 0 saturated heterocycles. The number of nitrogens with one attached hydrogen (secondary N) is 1. The highest BCUT2D eigenvalue weighted by atomic mass is 35.5. The molecule has 1 aromatic rings. The molecule has 0 atom stereocenters. The van der Waals surface area contributed by atoms with Crippen molar-refractivity contribution in [2.45, 2.75) is 38.1 Å². The number of nitrogens with zero attached hydrogens (tertiary/aromatic N) is 1. The van der Waals surface area contributed by atoms with Crippen LogP contribution in [0, 0.1) is 0 Å². The second-order valence-electron chi connectivity index (χ2n) is 5.49. The van der Waals surface area contributed by atoms with Crippen molar-refractivity contribution in [3.63, 3.8) is 0 Å². The molecule has 3 N–H and O–H groups in total. The van der Waals surface area contributed by atoms with Crippen molar-refractivity contribution in [2.75, 3.05) is 24.6 Å². The summed E-state index contributed by atoms with van der Waals surface area (Å²) in [7, 11) is 2.01. The minimum absolute atomic E-state index is 0.0490. The third kappa shape index (κ3) is 4.12. The molecule has 1 fully saturated rings. The summed E-state index contributed by atoms with van der Waals surface area (Å²) in [5, 5.41) is 3.40. The lowest BCUT2D eigenvalue weighted by molar-refractivity contribution is -0.117. The van der Waals surface area contributed by atoms with Gasteiger partial charge in [0.1, 0.15) is 0 Å². The van der Waals surface area contributed by atoms with Crippen LogP contribution in [-0.2, 0) is 4.79 Å². The Balaban J connectivity index is 1.89. The Morgan fingerprint density at radius 3 is 2.80 bits per heavy atom. The molecule has 110 valence electrons. The average Bonchev–Trinajstić information content (AvgIpc) is 2.43. The van der Waals surface area contributed by atoms with Gasteiger partial charge in [-0.15, -0.1) is 0 Å². The Kier molecular flexibility index (Phi) is 5.26. The van der Waals surface area contributed by atoms with E-state index in [0.29, 0.717) is 29.0 Å². The number of amides is 1. The smallest absolute Gasteiger partial charge is 0.238 e. The highest BCUT2D eigenvalue weighted by Gasteiger charge is 2.20. The van der Waals surface area contributed by atoms with Crippen LogP contribution in [0.1, 0.15) is 32.1 Å². The van der Waals surface area contributed by atoms with Gasteiger partial charge in [-0.05, 0) is 38.1 Å². The molecule has 1 aliphatic rings. The molecule has 5 heteroatoms. The van der Waals surface area contributed by atoms with E-state index in [4.69, 9.17) is 17.3 Å². The Morgan fingerprint density at radius 2 is 2.10 bits per heavy atom. The Bertz CT molecular complexity index is 472. The van der Waals surface area contributed by atoms with Gasteiger partial charge in [0.15, 0.2) is 0 Å². The molecule has 1 aromatic carbocycles. The van der Waals surface area contributed by atoms with E-state index in [9.17, 15) is 4.79 Å². The molecule has 0 aromatic heterocycles. The van der Waals surface area contributed by atoms with Crippen LogP contribution in [0.2, 0.25) is 5.02 Å². The lowest BCUT2D eigenvalue weighted by atomic mass is 9.94. The van der Waals surface area contributed by atoms with Crippen molar-refractivity contribution < 1.29 is 4.79 Å². The van der Waals surface area contributed by atoms with Crippen molar-refractivity contribution in [1.29, 1.82) is 0 Å². The van der Waals surface area contributed by atoms with Crippen LogP contribution in [0.5, 0.6) is 0 Å². The zero-order valence-corrected chi connectivity index (χ0v) is 12.6. The fourth-order valence-corrected chi connectivity index (χ4v) is 2.88. The first kappa shape index (κ1) is 15.1. The van der Waals surface area contributed by atoms with E-state index in [-0.39, 0.29) is 5.91 Å². The van der Waals surface area contributed by atoms with Crippen LogP contribution >= 0.6 is 11.6 Å². The third-order valence-corrected chi connectivity index (χ3v) is 4.12. The Morgan fingerprint density at radius 1 is 1.40 bits per heavy atom. The van der Waals surface area contributed by atoms with Crippen LogP contribution in [-0.4, -0.2) is 30.4 Å². The zero-order chi connectivity index (χ0) is 14.5. The predicted molar refractivity (Wildman–Crippen MR) is 84.0 cm³/mol. The van der Waals surface area contributed by atoms with Gasteiger partial charge >= 0.3 is 0 Å². The molecule has 1 amide bonds. The maximum Gasteiger partial charge on any atom is 0.238 e. The van der Waals surface area contributed by atoms with E-state index in [1.165, 1.54) is 32.1 Å². The minimum Gasteiger partial charge on any atom is -0.397 e. The largest absolute Gasteiger partial charge is 0.397 e. The average molecular weight is 296 g/mol. The third-order valence-electron chi connectivity index (χ3n) is 3.88. The number of benzene rings is 1. The second kappa shape index (κ2) is 6.95. The fourth-order valence-electron chi connectivity index (χ4n) is 2.70. The molecule has 20 heavy (non-hydrogen) atoms. The normalized spacial score (nSPS) is 16.4. The highest BCUT2D eigenvalue weighted by Crippen LogP contribution is 2.24. The Hall–Kier alpha value is -1.26. The maximum atomic E-state index is 12.1. The summed E-state index contributed by atoms with van der Waals surface area (Å²) in [6, 6.07) is 5.60. The van der Waals surface area contributed by atoms with Crippen molar-refractivity contribution in [3.05, 3.63) is 23.2 Å². The summed E-state index contributed by atoms with van der Waals surface area (Å²) in [6.07, 6.45) is 6.21. The number of halogens is 1. The van der Waals surface area contributed by atoms with E-state index in [1.54, 1.807) is 18.2 Å². The number of likely N-dealkylation sites (N-methyl/N-ethyl adjacent to an activating group) is 1. The van der Waals surface area contributed by atoms with Gasteiger partial charge in [0, 0.05) is 11.1 Å². The monoisotopic (exact) mass is 295 g/mol. The number of carbonyl (C=O) groups is 1. The number of anilines is 2. The first-order valence-electron chi connectivity index (χ1n) is 7.11. The first-order valence-corrected chi connectivity index (χ1v) is 7.49. The minimum atomic E-state index is -0.0490. The number of rotatable bonds is 4. The summed E-state index contributed by atoms with van der Waals surface area (Å²) in [6.45, 7) is 0.386. The maximum absolute atomic E-state index is 12.1. The lowest BCUT2D eigenvalue weighted by Gasteiger charge is -2.30. The van der Waals surface area contributed by atoms with Crippen LogP contribution < -0.4 is 11.1 Å². The number of nitrogens with two attached hydrogens (primary N) is 1.